The Kier molecular flexibility index (Phi) is 6.74. The van der Waals surface area contributed by atoms with Crippen LogP contribution in [0.1, 0.15) is 31.2 Å². The Labute approximate surface area is 168 Å². The molecule has 0 saturated carbocycles. The first-order valence-corrected chi connectivity index (χ1v) is 10.1. The van der Waals surface area contributed by atoms with Crippen molar-refractivity contribution in [2.45, 2.75) is 31.7 Å². The van der Waals surface area contributed by atoms with Gasteiger partial charge >= 0.3 is 0 Å². The van der Waals surface area contributed by atoms with Crippen molar-refractivity contribution in [3.8, 4) is 5.75 Å². The minimum absolute atomic E-state index is 0.0145. The average molecular weight is 404 g/mol. The van der Waals surface area contributed by atoms with Crippen LogP contribution in [0.2, 0.25) is 0 Å². The molecule has 1 aromatic carbocycles. The van der Waals surface area contributed by atoms with Gasteiger partial charge in [0.15, 0.2) is 0 Å². The second-order valence-corrected chi connectivity index (χ2v) is 7.78. The van der Waals surface area contributed by atoms with Crippen LogP contribution in [-0.4, -0.2) is 64.8 Å². The van der Waals surface area contributed by atoms with Crippen LogP contribution in [0.15, 0.2) is 29.2 Å². The molecule has 0 unspecified atom stereocenters. The number of carbonyl (C=O) groups excluding carboxylic acids is 3. The number of ether oxygens (including phenoxy) is 1. The highest BCUT2D eigenvalue weighted by atomic mass is 32.2. The van der Waals surface area contributed by atoms with Crippen molar-refractivity contribution in [2.75, 3.05) is 26.8 Å². The van der Waals surface area contributed by atoms with Gasteiger partial charge in [0, 0.05) is 19.2 Å². The maximum absolute atomic E-state index is 12.7. The number of likely N-dealkylation sites (tertiary alicyclic amines) is 1. The van der Waals surface area contributed by atoms with Crippen LogP contribution < -0.4 is 4.74 Å². The number of imide groups is 1. The second kappa shape index (κ2) is 9.25. The van der Waals surface area contributed by atoms with Crippen LogP contribution in [0.3, 0.4) is 0 Å². The maximum Gasteiger partial charge on any atom is 0.294 e. The van der Waals surface area contributed by atoms with Crippen molar-refractivity contribution in [1.29, 1.82) is 0 Å². The van der Waals surface area contributed by atoms with E-state index in [2.05, 4.69) is 0 Å². The highest BCUT2D eigenvalue weighted by Gasteiger charge is 2.38. The molecule has 0 aromatic heterocycles. The summed E-state index contributed by atoms with van der Waals surface area (Å²) in [6, 6.07) is 7.12. The fraction of sp³-hybridized carbons (Fsp3) is 0.450. The summed E-state index contributed by atoms with van der Waals surface area (Å²) >= 11 is 0.843. The number of thioether (sulfide) groups is 1. The fourth-order valence-corrected chi connectivity index (χ4v) is 4.33. The summed E-state index contributed by atoms with van der Waals surface area (Å²) < 4.78 is 5.11. The van der Waals surface area contributed by atoms with Crippen molar-refractivity contribution >= 4 is 34.9 Å². The summed E-state index contributed by atoms with van der Waals surface area (Å²) in [4.78, 5) is 40.7. The SMILES string of the molecule is COc1ccc(/C=C2\SC(=O)N(CC(=O)N3CCCC[C@@H]3CCO)C2=O)cc1. The minimum atomic E-state index is -0.449. The van der Waals surface area contributed by atoms with E-state index in [4.69, 9.17) is 4.74 Å². The van der Waals surface area contributed by atoms with Gasteiger partial charge in [-0.05, 0) is 61.2 Å². The number of rotatable bonds is 6. The molecule has 3 rings (SSSR count). The third kappa shape index (κ3) is 4.56. The number of methoxy groups -OCH3 is 1. The van der Waals surface area contributed by atoms with Gasteiger partial charge in [0.2, 0.25) is 5.91 Å². The molecule has 1 atom stereocenters. The summed E-state index contributed by atoms with van der Waals surface area (Å²) in [5.41, 5.74) is 0.775. The van der Waals surface area contributed by atoms with Gasteiger partial charge in [-0.15, -0.1) is 0 Å². The van der Waals surface area contributed by atoms with E-state index in [-0.39, 0.29) is 25.1 Å². The van der Waals surface area contributed by atoms with Gasteiger partial charge in [0.1, 0.15) is 12.3 Å². The molecule has 0 spiro atoms. The van der Waals surface area contributed by atoms with Crippen LogP contribution in [0.5, 0.6) is 5.75 Å². The monoisotopic (exact) mass is 404 g/mol. The quantitative estimate of drug-likeness (QED) is 0.733. The van der Waals surface area contributed by atoms with Gasteiger partial charge < -0.3 is 14.7 Å². The number of amides is 3. The molecular weight excluding hydrogens is 380 g/mol. The Bertz CT molecular complexity index is 775. The van der Waals surface area contributed by atoms with Gasteiger partial charge in [-0.3, -0.25) is 19.3 Å². The first-order chi connectivity index (χ1) is 13.5. The molecule has 150 valence electrons. The summed E-state index contributed by atoms with van der Waals surface area (Å²) in [5, 5.41) is 8.78. The Balaban J connectivity index is 1.69. The van der Waals surface area contributed by atoms with E-state index in [9.17, 15) is 19.5 Å². The zero-order valence-electron chi connectivity index (χ0n) is 15.8. The first kappa shape index (κ1) is 20.4. The molecule has 2 heterocycles. The lowest BCUT2D eigenvalue weighted by Gasteiger charge is -2.36. The molecule has 2 fully saturated rings. The number of hydrogen-bond donors (Lipinski definition) is 1. The van der Waals surface area contributed by atoms with Crippen molar-refractivity contribution in [2.24, 2.45) is 0 Å². The number of benzene rings is 1. The maximum atomic E-state index is 12.7. The van der Waals surface area contributed by atoms with Crippen LogP contribution >= 0.6 is 11.8 Å². The van der Waals surface area contributed by atoms with Crippen molar-refractivity contribution in [1.82, 2.24) is 9.80 Å². The highest BCUT2D eigenvalue weighted by molar-refractivity contribution is 8.18. The molecule has 0 aliphatic carbocycles. The molecule has 2 saturated heterocycles. The Morgan fingerprint density at radius 1 is 1.29 bits per heavy atom. The third-order valence-corrected chi connectivity index (χ3v) is 5.90. The van der Waals surface area contributed by atoms with Crippen LogP contribution in [0.4, 0.5) is 4.79 Å². The summed E-state index contributed by atoms with van der Waals surface area (Å²) in [5.74, 6) is 0.0100. The molecule has 0 radical (unpaired) electrons. The Morgan fingerprint density at radius 2 is 2.04 bits per heavy atom. The summed E-state index contributed by atoms with van der Waals surface area (Å²) in [6.07, 6.45) is 4.91. The lowest BCUT2D eigenvalue weighted by Crippen LogP contribution is -2.49. The lowest BCUT2D eigenvalue weighted by atomic mass is 9.99. The molecular formula is C20H24N2O5S. The summed E-state index contributed by atoms with van der Waals surface area (Å²) in [6.45, 7) is 0.356. The van der Waals surface area contributed by atoms with Gasteiger partial charge in [0.25, 0.3) is 11.1 Å². The number of carbonyl (C=O) groups is 3. The Hall–Kier alpha value is -2.32. The zero-order valence-corrected chi connectivity index (χ0v) is 16.6. The normalized spacial score (nSPS) is 21.5. The van der Waals surface area contributed by atoms with Gasteiger partial charge in [-0.1, -0.05) is 12.1 Å². The second-order valence-electron chi connectivity index (χ2n) is 6.79. The van der Waals surface area contributed by atoms with Gasteiger partial charge in [0.05, 0.1) is 12.0 Å². The molecule has 28 heavy (non-hydrogen) atoms. The third-order valence-electron chi connectivity index (χ3n) is 4.99. The van der Waals surface area contributed by atoms with Crippen LogP contribution in [-0.2, 0) is 9.59 Å². The smallest absolute Gasteiger partial charge is 0.294 e. The topological polar surface area (TPSA) is 87.2 Å². The number of hydrogen-bond acceptors (Lipinski definition) is 6. The predicted molar refractivity (Wildman–Crippen MR) is 107 cm³/mol. The number of nitrogens with zero attached hydrogens (tertiary/aromatic N) is 2. The Morgan fingerprint density at radius 3 is 2.71 bits per heavy atom. The minimum Gasteiger partial charge on any atom is -0.497 e. The van der Waals surface area contributed by atoms with Crippen molar-refractivity contribution in [3.63, 3.8) is 0 Å². The number of piperidine rings is 1. The lowest BCUT2D eigenvalue weighted by molar-refractivity contribution is -0.139. The van der Waals surface area contributed by atoms with Crippen LogP contribution in [0, 0.1) is 0 Å². The van der Waals surface area contributed by atoms with E-state index in [1.165, 1.54) is 0 Å². The highest BCUT2D eigenvalue weighted by Crippen LogP contribution is 2.32. The van der Waals surface area contributed by atoms with E-state index in [1.807, 2.05) is 0 Å². The van der Waals surface area contributed by atoms with Crippen LogP contribution in [0.25, 0.3) is 6.08 Å². The van der Waals surface area contributed by atoms with E-state index >= 15 is 0 Å². The van der Waals surface area contributed by atoms with Gasteiger partial charge in [-0.25, -0.2) is 0 Å². The zero-order chi connectivity index (χ0) is 20.1. The molecule has 2 aliphatic rings. The van der Waals surface area contributed by atoms with Crippen molar-refractivity contribution in [3.05, 3.63) is 34.7 Å². The first-order valence-electron chi connectivity index (χ1n) is 9.33. The molecule has 0 bridgehead atoms. The van der Waals surface area contributed by atoms with Crippen molar-refractivity contribution < 1.29 is 24.2 Å². The van der Waals surface area contributed by atoms with E-state index in [0.29, 0.717) is 23.6 Å². The largest absolute Gasteiger partial charge is 0.497 e. The number of aliphatic hydroxyl groups is 1. The van der Waals surface area contributed by atoms with E-state index in [1.54, 1.807) is 42.4 Å². The molecule has 2 aliphatic heterocycles. The molecule has 1 aromatic rings. The fourth-order valence-electron chi connectivity index (χ4n) is 3.49. The molecule has 1 N–H and O–H groups in total. The molecule has 3 amide bonds. The van der Waals surface area contributed by atoms with E-state index < -0.39 is 11.1 Å². The summed E-state index contributed by atoms with van der Waals surface area (Å²) in [7, 11) is 1.57. The average Bonchev–Trinajstić information content (AvgIpc) is 2.96. The van der Waals surface area contributed by atoms with E-state index in [0.717, 1.165) is 41.5 Å². The standard InChI is InChI=1S/C20H24N2O5S/c1-27-16-7-5-14(6-8-16)12-17-19(25)22(20(26)28-17)13-18(24)21-10-3-2-4-15(21)9-11-23/h5-8,12,15,23H,2-4,9-11,13H2,1H3/b17-12-/t15-/m1/s1. The molecule has 8 heteroatoms. The molecule has 7 nitrogen and oxygen atoms in total. The van der Waals surface area contributed by atoms with Gasteiger partial charge in [-0.2, -0.15) is 0 Å². The number of aliphatic hydroxyl groups excluding tert-OH is 1. The predicted octanol–water partition coefficient (Wildman–Crippen LogP) is 2.50.